The Kier molecular flexibility index (Phi) is 7.58. The van der Waals surface area contributed by atoms with Gasteiger partial charge in [-0.15, -0.1) is 11.8 Å². The van der Waals surface area contributed by atoms with Gasteiger partial charge in [0.15, 0.2) is 5.96 Å². The molecular weight excluding hydrogens is 356 g/mol. The second kappa shape index (κ2) is 9.45. The van der Waals surface area contributed by atoms with E-state index in [0.29, 0.717) is 32.1 Å². The summed E-state index contributed by atoms with van der Waals surface area (Å²) in [5.74, 6) is 0.984. The first-order valence-corrected chi connectivity index (χ1v) is 11.4. The average Bonchev–Trinajstić information content (AvgIpc) is 2.91. The van der Waals surface area contributed by atoms with Crippen molar-refractivity contribution >= 4 is 27.7 Å². The molecule has 0 aromatic heterocycles. The highest BCUT2D eigenvalue weighted by atomic mass is 32.2. The molecule has 1 aliphatic rings. The predicted octanol–water partition coefficient (Wildman–Crippen LogP) is 1.81. The minimum atomic E-state index is -3.04. The van der Waals surface area contributed by atoms with Crippen LogP contribution in [0.1, 0.15) is 24.5 Å². The number of thioether (sulfide) groups is 1. The number of sulfonamides is 1. The van der Waals surface area contributed by atoms with Gasteiger partial charge < -0.3 is 10.6 Å². The van der Waals surface area contributed by atoms with E-state index in [1.165, 1.54) is 16.0 Å². The van der Waals surface area contributed by atoms with Gasteiger partial charge in [-0.25, -0.2) is 17.7 Å². The predicted molar refractivity (Wildman–Crippen MR) is 106 cm³/mol. The molecule has 1 saturated heterocycles. The van der Waals surface area contributed by atoms with Gasteiger partial charge in [-0.1, -0.05) is 12.1 Å². The summed E-state index contributed by atoms with van der Waals surface area (Å²) in [6, 6.07) is 6.39. The van der Waals surface area contributed by atoms with Crippen LogP contribution in [0, 0.1) is 6.92 Å². The Bertz CT molecular complexity index is 705. The van der Waals surface area contributed by atoms with E-state index in [9.17, 15) is 8.42 Å². The van der Waals surface area contributed by atoms with Gasteiger partial charge >= 0.3 is 0 Å². The van der Waals surface area contributed by atoms with Gasteiger partial charge in [0.2, 0.25) is 10.0 Å². The highest BCUT2D eigenvalue weighted by Crippen LogP contribution is 2.22. The quantitative estimate of drug-likeness (QED) is 0.426. The minimum absolute atomic E-state index is 0.270. The fraction of sp³-hybridized carbons (Fsp3) is 0.588. The number of rotatable bonds is 7. The molecule has 2 N–H and O–H groups in total. The van der Waals surface area contributed by atoms with Gasteiger partial charge in [-0.3, -0.25) is 0 Å². The van der Waals surface area contributed by atoms with E-state index in [2.05, 4.69) is 47.0 Å². The molecular formula is C17H28N4O2S2. The van der Waals surface area contributed by atoms with E-state index in [4.69, 9.17) is 0 Å². The number of hydrogen-bond donors (Lipinski definition) is 2. The lowest BCUT2D eigenvalue weighted by atomic mass is 10.1. The normalized spacial score (nSPS) is 17.6. The molecule has 2 rings (SSSR count). The maximum Gasteiger partial charge on any atom is 0.214 e. The first kappa shape index (κ1) is 20.1. The molecule has 25 heavy (non-hydrogen) atoms. The summed E-state index contributed by atoms with van der Waals surface area (Å²) in [7, 11) is -3.04. The van der Waals surface area contributed by atoms with Crippen LogP contribution in [0.2, 0.25) is 0 Å². The summed E-state index contributed by atoms with van der Waals surface area (Å²) >= 11 is 1.73. The molecule has 1 aromatic rings. The molecule has 0 atom stereocenters. The van der Waals surface area contributed by atoms with Crippen molar-refractivity contribution in [2.45, 2.75) is 31.7 Å². The monoisotopic (exact) mass is 384 g/mol. The second-order valence-corrected chi connectivity index (χ2v) is 8.94. The highest BCUT2D eigenvalue weighted by Gasteiger charge is 2.27. The lowest BCUT2D eigenvalue weighted by Gasteiger charge is -2.16. The molecule has 140 valence electrons. The van der Waals surface area contributed by atoms with Crippen LogP contribution in [0.5, 0.6) is 0 Å². The van der Waals surface area contributed by atoms with Crippen LogP contribution in [-0.4, -0.2) is 56.9 Å². The van der Waals surface area contributed by atoms with Crippen molar-refractivity contribution in [3.05, 3.63) is 29.3 Å². The van der Waals surface area contributed by atoms with Crippen LogP contribution in [0.15, 0.2) is 28.1 Å². The Labute approximate surface area is 155 Å². The largest absolute Gasteiger partial charge is 0.357 e. The van der Waals surface area contributed by atoms with E-state index in [-0.39, 0.29) is 5.75 Å². The molecule has 0 aliphatic carbocycles. The third kappa shape index (κ3) is 5.90. The zero-order valence-electron chi connectivity index (χ0n) is 15.2. The first-order chi connectivity index (χ1) is 12.0. The summed E-state index contributed by atoms with van der Waals surface area (Å²) < 4.78 is 25.2. The lowest BCUT2D eigenvalue weighted by Crippen LogP contribution is -2.42. The van der Waals surface area contributed by atoms with E-state index in [1.807, 2.05) is 6.92 Å². The first-order valence-electron chi connectivity index (χ1n) is 8.60. The molecule has 0 saturated carbocycles. The highest BCUT2D eigenvalue weighted by molar-refractivity contribution is 7.98. The Morgan fingerprint density at radius 1 is 1.36 bits per heavy atom. The molecule has 1 aliphatic heterocycles. The van der Waals surface area contributed by atoms with Crippen molar-refractivity contribution in [2.75, 3.05) is 38.2 Å². The van der Waals surface area contributed by atoms with Crippen molar-refractivity contribution < 1.29 is 8.42 Å². The fourth-order valence-corrected chi connectivity index (χ4v) is 4.96. The summed E-state index contributed by atoms with van der Waals surface area (Å²) in [6.45, 7) is 7.11. The van der Waals surface area contributed by atoms with E-state index < -0.39 is 10.0 Å². The Morgan fingerprint density at radius 3 is 2.80 bits per heavy atom. The third-order valence-electron chi connectivity index (χ3n) is 4.05. The molecule has 0 unspecified atom stereocenters. The van der Waals surface area contributed by atoms with Crippen molar-refractivity contribution in [1.82, 2.24) is 14.9 Å². The molecule has 0 radical (unpaired) electrons. The summed E-state index contributed by atoms with van der Waals surface area (Å²) in [6.07, 6.45) is 2.79. The van der Waals surface area contributed by atoms with Gasteiger partial charge in [-0.05, 0) is 43.7 Å². The summed E-state index contributed by atoms with van der Waals surface area (Å²) in [5, 5.41) is 6.44. The molecule has 1 heterocycles. The molecule has 0 spiro atoms. The van der Waals surface area contributed by atoms with Gasteiger partial charge in [0.05, 0.1) is 12.3 Å². The van der Waals surface area contributed by atoms with E-state index in [0.717, 1.165) is 13.0 Å². The van der Waals surface area contributed by atoms with Crippen LogP contribution in [0.4, 0.5) is 0 Å². The molecule has 8 heteroatoms. The maximum absolute atomic E-state index is 11.8. The van der Waals surface area contributed by atoms with E-state index in [1.54, 1.807) is 16.1 Å². The standard InChI is InChI=1S/C17H28N4O2S2/c1-4-18-17(19-8-10-21-9-5-11-25(21,22)23)20-13-15-7-6-14(2)12-16(15)24-3/h6-7,12H,4-5,8-11,13H2,1-3H3,(H2,18,19,20). The number of aryl methyl sites for hydroxylation is 1. The summed E-state index contributed by atoms with van der Waals surface area (Å²) in [4.78, 5) is 5.87. The fourth-order valence-electron chi connectivity index (χ4n) is 2.73. The van der Waals surface area contributed by atoms with Crippen molar-refractivity contribution in [3.8, 4) is 0 Å². The number of guanidine groups is 1. The van der Waals surface area contributed by atoms with Gasteiger partial charge in [0.1, 0.15) is 0 Å². The average molecular weight is 385 g/mol. The number of nitrogens with one attached hydrogen (secondary N) is 2. The molecule has 1 aromatic carbocycles. The second-order valence-electron chi connectivity index (χ2n) is 6.01. The molecule has 0 bridgehead atoms. The maximum atomic E-state index is 11.8. The number of benzene rings is 1. The zero-order chi connectivity index (χ0) is 18.3. The van der Waals surface area contributed by atoms with Crippen LogP contribution in [-0.2, 0) is 16.6 Å². The van der Waals surface area contributed by atoms with Crippen LogP contribution in [0.25, 0.3) is 0 Å². The van der Waals surface area contributed by atoms with Gasteiger partial charge in [-0.2, -0.15) is 0 Å². The number of aliphatic imine (C=N–C) groups is 1. The van der Waals surface area contributed by atoms with Crippen molar-refractivity contribution in [1.29, 1.82) is 0 Å². The molecule has 6 nitrogen and oxygen atoms in total. The minimum Gasteiger partial charge on any atom is -0.357 e. The van der Waals surface area contributed by atoms with Crippen LogP contribution >= 0.6 is 11.8 Å². The van der Waals surface area contributed by atoms with Crippen LogP contribution in [0.3, 0.4) is 0 Å². The summed E-state index contributed by atoms with van der Waals surface area (Å²) in [5.41, 5.74) is 2.44. The van der Waals surface area contributed by atoms with E-state index >= 15 is 0 Å². The number of nitrogens with zero attached hydrogens (tertiary/aromatic N) is 2. The van der Waals surface area contributed by atoms with Crippen molar-refractivity contribution in [2.24, 2.45) is 4.99 Å². The Morgan fingerprint density at radius 2 is 2.16 bits per heavy atom. The molecule has 0 amide bonds. The molecule has 1 fully saturated rings. The Balaban J connectivity index is 1.94. The van der Waals surface area contributed by atoms with Gasteiger partial charge in [0.25, 0.3) is 0 Å². The smallest absolute Gasteiger partial charge is 0.214 e. The Hall–Kier alpha value is -1.25. The zero-order valence-corrected chi connectivity index (χ0v) is 16.8. The van der Waals surface area contributed by atoms with Gasteiger partial charge in [0, 0.05) is 31.1 Å². The third-order valence-corrected chi connectivity index (χ3v) is 6.83. The van der Waals surface area contributed by atoms with Crippen molar-refractivity contribution in [3.63, 3.8) is 0 Å². The SMILES string of the molecule is CCNC(=NCc1ccc(C)cc1SC)NCCN1CCCS1(=O)=O. The topological polar surface area (TPSA) is 73.8 Å². The lowest BCUT2D eigenvalue weighted by molar-refractivity contribution is 0.445. The van der Waals surface area contributed by atoms with Crippen LogP contribution < -0.4 is 10.6 Å². The number of hydrogen-bond acceptors (Lipinski definition) is 4.